The molecule has 1 saturated heterocycles. The van der Waals surface area contributed by atoms with Crippen molar-refractivity contribution in [2.24, 2.45) is 11.8 Å². The van der Waals surface area contributed by atoms with Crippen LogP contribution < -0.4 is 16.0 Å². The topological polar surface area (TPSA) is 70.2 Å². The van der Waals surface area contributed by atoms with Gasteiger partial charge in [-0.2, -0.15) is 0 Å². The molecular formula is C19H27N3O2. The van der Waals surface area contributed by atoms with E-state index in [9.17, 15) is 9.59 Å². The second-order valence-electron chi connectivity index (χ2n) is 7.13. The number of hydrogen-bond acceptors (Lipinski definition) is 3. The highest BCUT2D eigenvalue weighted by Crippen LogP contribution is 2.24. The number of benzene rings is 1. The van der Waals surface area contributed by atoms with Crippen molar-refractivity contribution in [2.75, 3.05) is 18.4 Å². The summed E-state index contributed by atoms with van der Waals surface area (Å²) >= 11 is 0. The zero-order valence-electron chi connectivity index (χ0n) is 14.3. The van der Waals surface area contributed by atoms with Gasteiger partial charge in [0.05, 0.1) is 11.3 Å². The Morgan fingerprint density at radius 3 is 2.75 bits per heavy atom. The molecule has 1 heterocycles. The summed E-state index contributed by atoms with van der Waals surface area (Å²) in [5.74, 6) is 0.779. The van der Waals surface area contributed by atoms with E-state index in [2.05, 4.69) is 22.9 Å². The first kappa shape index (κ1) is 17.0. The molecule has 0 radical (unpaired) electrons. The van der Waals surface area contributed by atoms with Crippen molar-refractivity contribution in [3.8, 4) is 0 Å². The van der Waals surface area contributed by atoms with Gasteiger partial charge >= 0.3 is 0 Å². The molecule has 5 heteroatoms. The largest absolute Gasteiger partial charge is 0.349 e. The third kappa shape index (κ3) is 4.57. The van der Waals surface area contributed by atoms with E-state index in [0.717, 1.165) is 25.9 Å². The van der Waals surface area contributed by atoms with Crippen LogP contribution in [0.4, 0.5) is 5.69 Å². The van der Waals surface area contributed by atoms with E-state index in [1.54, 1.807) is 12.1 Å². The minimum Gasteiger partial charge on any atom is -0.349 e. The molecule has 130 valence electrons. The van der Waals surface area contributed by atoms with E-state index >= 15 is 0 Å². The highest BCUT2D eigenvalue weighted by Gasteiger charge is 2.26. The Morgan fingerprint density at radius 2 is 2.04 bits per heavy atom. The fourth-order valence-corrected chi connectivity index (χ4v) is 3.31. The quantitative estimate of drug-likeness (QED) is 0.751. The highest BCUT2D eigenvalue weighted by atomic mass is 16.2. The monoisotopic (exact) mass is 329 g/mol. The first-order chi connectivity index (χ1) is 11.6. The summed E-state index contributed by atoms with van der Waals surface area (Å²) in [7, 11) is 0. The molecule has 2 unspecified atom stereocenters. The molecule has 3 rings (SSSR count). The Morgan fingerprint density at radius 1 is 1.25 bits per heavy atom. The van der Waals surface area contributed by atoms with Gasteiger partial charge < -0.3 is 16.0 Å². The van der Waals surface area contributed by atoms with Crippen LogP contribution in [0.15, 0.2) is 24.3 Å². The van der Waals surface area contributed by atoms with Gasteiger partial charge in [0.25, 0.3) is 5.91 Å². The summed E-state index contributed by atoms with van der Waals surface area (Å²) in [4.78, 5) is 24.7. The molecule has 2 aliphatic rings. The second-order valence-corrected chi connectivity index (χ2v) is 7.13. The fourth-order valence-electron chi connectivity index (χ4n) is 3.31. The van der Waals surface area contributed by atoms with Gasteiger partial charge in [-0.05, 0) is 62.7 Å². The Hall–Kier alpha value is -1.88. The number of rotatable bonds is 6. The molecule has 1 aromatic rings. The van der Waals surface area contributed by atoms with Crippen LogP contribution in [-0.4, -0.2) is 30.9 Å². The molecule has 1 aliphatic carbocycles. The number of hydrogen-bond donors (Lipinski definition) is 3. The Balaban J connectivity index is 1.58. The van der Waals surface area contributed by atoms with Crippen LogP contribution in [0.1, 0.15) is 49.4 Å². The van der Waals surface area contributed by atoms with Crippen molar-refractivity contribution in [1.82, 2.24) is 10.6 Å². The Kier molecular flexibility index (Phi) is 5.51. The summed E-state index contributed by atoms with van der Waals surface area (Å²) in [5.41, 5.74) is 1.15. The van der Waals surface area contributed by atoms with E-state index in [0.29, 0.717) is 35.5 Å². The fraction of sp³-hybridized carbons (Fsp3) is 0.579. The lowest BCUT2D eigenvalue weighted by atomic mass is 9.85. The lowest BCUT2D eigenvalue weighted by Crippen LogP contribution is -2.34. The van der Waals surface area contributed by atoms with E-state index in [1.807, 2.05) is 12.1 Å². The van der Waals surface area contributed by atoms with Crippen LogP contribution >= 0.6 is 0 Å². The molecule has 0 bridgehead atoms. The summed E-state index contributed by atoms with van der Waals surface area (Å²) in [6.07, 6.45) is 4.95. The zero-order chi connectivity index (χ0) is 16.9. The molecule has 3 N–H and O–H groups in total. The SMILES string of the molecule is CC(CC(=O)Nc1ccccc1C(=O)NC1CC1)C1CCCNC1. The third-order valence-electron chi connectivity index (χ3n) is 5.01. The molecule has 1 aromatic carbocycles. The molecule has 5 nitrogen and oxygen atoms in total. The van der Waals surface area contributed by atoms with Crippen molar-refractivity contribution in [3.63, 3.8) is 0 Å². The van der Waals surface area contributed by atoms with Crippen LogP contribution in [0.2, 0.25) is 0 Å². The van der Waals surface area contributed by atoms with Gasteiger partial charge in [0, 0.05) is 12.5 Å². The van der Waals surface area contributed by atoms with Gasteiger partial charge in [0.15, 0.2) is 0 Å². The van der Waals surface area contributed by atoms with Crippen molar-refractivity contribution in [2.45, 2.75) is 45.1 Å². The number of piperidine rings is 1. The maximum atomic E-state index is 12.4. The molecule has 2 amide bonds. The average Bonchev–Trinajstić information content (AvgIpc) is 3.40. The Bertz CT molecular complexity index is 592. The molecule has 1 saturated carbocycles. The van der Waals surface area contributed by atoms with E-state index in [-0.39, 0.29) is 11.8 Å². The molecule has 0 aromatic heterocycles. The summed E-state index contributed by atoms with van der Waals surface area (Å²) in [5, 5.41) is 9.31. The molecule has 2 fully saturated rings. The third-order valence-corrected chi connectivity index (χ3v) is 5.01. The summed E-state index contributed by atoms with van der Waals surface area (Å²) in [6, 6.07) is 7.54. The highest BCUT2D eigenvalue weighted by molar-refractivity contribution is 6.03. The lowest BCUT2D eigenvalue weighted by Gasteiger charge is -2.28. The van der Waals surface area contributed by atoms with Gasteiger partial charge in [0.1, 0.15) is 0 Å². The molecule has 24 heavy (non-hydrogen) atoms. The van der Waals surface area contributed by atoms with Crippen molar-refractivity contribution in [3.05, 3.63) is 29.8 Å². The molecule has 1 aliphatic heterocycles. The normalized spacial score (nSPS) is 21.8. The van der Waals surface area contributed by atoms with Crippen LogP contribution in [0.3, 0.4) is 0 Å². The van der Waals surface area contributed by atoms with E-state index < -0.39 is 0 Å². The lowest BCUT2D eigenvalue weighted by molar-refractivity contribution is -0.117. The summed E-state index contributed by atoms with van der Waals surface area (Å²) < 4.78 is 0. The Labute approximate surface area is 143 Å². The molecule has 0 spiro atoms. The van der Waals surface area contributed by atoms with E-state index in [4.69, 9.17) is 0 Å². The average molecular weight is 329 g/mol. The van der Waals surface area contributed by atoms with Crippen LogP contribution in [0.5, 0.6) is 0 Å². The first-order valence-electron chi connectivity index (χ1n) is 9.04. The smallest absolute Gasteiger partial charge is 0.253 e. The predicted molar refractivity (Wildman–Crippen MR) is 94.9 cm³/mol. The van der Waals surface area contributed by atoms with Gasteiger partial charge in [0.2, 0.25) is 5.91 Å². The van der Waals surface area contributed by atoms with Gasteiger partial charge in [-0.25, -0.2) is 0 Å². The summed E-state index contributed by atoms with van der Waals surface area (Å²) in [6.45, 7) is 4.22. The minimum absolute atomic E-state index is 0.0141. The van der Waals surface area contributed by atoms with Crippen molar-refractivity contribution in [1.29, 1.82) is 0 Å². The number of anilines is 1. The van der Waals surface area contributed by atoms with Crippen LogP contribution in [0.25, 0.3) is 0 Å². The second kappa shape index (κ2) is 7.79. The zero-order valence-corrected chi connectivity index (χ0v) is 14.3. The van der Waals surface area contributed by atoms with E-state index in [1.165, 1.54) is 12.8 Å². The maximum absolute atomic E-state index is 12.4. The van der Waals surface area contributed by atoms with Crippen LogP contribution in [-0.2, 0) is 4.79 Å². The number of amides is 2. The van der Waals surface area contributed by atoms with Gasteiger partial charge in [-0.1, -0.05) is 19.1 Å². The van der Waals surface area contributed by atoms with Gasteiger partial charge in [-0.15, -0.1) is 0 Å². The standard InChI is InChI=1S/C19H27N3O2/c1-13(14-5-4-10-20-12-14)11-18(23)22-17-7-3-2-6-16(17)19(24)21-15-8-9-15/h2-3,6-7,13-15,20H,4-5,8-12H2,1H3,(H,21,24)(H,22,23). The molecular weight excluding hydrogens is 302 g/mol. The van der Waals surface area contributed by atoms with Gasteiger partial charge in [-0.3, -0.25) is 9.59 Å². The number of carbonyl (C=O) groups excluding carboxylic acids is 2. The predicted octanol–water partition coefficient (Wildman–Crippen LogP) is 2.54. The van der Waals surface area contributed by atoms with Crippen molar-refractivity contribution < 1.29 is 9.59 Å². The number of para-hydroxylation sites is 1. The number of nitrogens with one attached hydrogen (secondary N) is 3. The number of carbonyl (C=O) groups is 2. The van der Waals surface area contributed by atoms with Crippen LogP contribution in [0, 0.1) is 11.8 Å². The minimum atomic E-state index is -0.0991. The maximum Gasteiger partial charge on any atom is 0.253 e. The van der Waals surface area contributed by atoms with Crippen molar-refractivity contribution >= 4 is 17.5 Å². The first-order valence-corrected chi connectivity index (χ1v) is 9.04. The molecule has 2 atom stereocenters.